The molecule has 0 saturated heterocycles. The summed E-state index contributed by atoms with van der Waals surface area (Å²) in [7, 11) is 1.77. The van der Waals surface area contributed by atoms with Crippen molar-refractivity contribution in [1.82, 2.24) is 14.8 Å². The normalized spacial score (nSPS) is 10.9. The van der Waals surface area contributed by atoms with Gasteiger partial charge in [0.1, 0.15) is 10.6 Å². The number of amides is 1. The van der Waals surface area contributed by atoms with Gasteiger partial charge in [-0.05, 0) is 32.4 Å². The van der Waals surface area contributed by atoms with Gasteiger partial charge < -0.3 is 14.8 Å². The number of aromatic nitrogens is 3. The Balaban J connectivity index is 1.51. The molecule has 0 aliphatic carbocycles. The number of nitrogens with zero attached hydrogens (tertiary/aromatic N) is 3. The zero-order valence-corrected chi connectivity index (χ0v) is 20.6. The summed E-state index contributed by atoms with van der Waals surface area (Å²) in [6.45, 7) is 5.08. The molecular formula is C25H24N4O5S. The molecule has 4 rings (SSSR count). The zero-order valence-electron chi connectivity index (χ0n) is 19.7. The van der Waals surface area contributed by atoms with Gasteiger partial charge in [0.25, 0.3) is 5.91 Å². The number of hydrogen-bond donors (Lipinski definition) is 1. The summed E-state index contributed by atoms with van der Waals surface area (Å²) in [5.41, 5.74) is 3.41. The molecule has 0 radical (unpaired) electrons. The highest BCUT2D eigenvalue weighted by atomic mass is 32.1. The van der Waals surface area contributed by atoms with Crippen LogP contribution in [0, 0.1) is 13.8 Å². The molecule has 9 nitrogen and oxygen atoms in total. The van der Waals surface area contributed by atoms with Crippen molar-refractivity contribution < 1.29 is 23.9 Å². The molecule has 1 amide bonds. The van der Waals surface area contributed by atoms with Gasteiger partial charge in [0.2, 0.25) is 0 Å². The standard InChI is InChI=1S/C25H24N4O5S/c1-5-33-25(32)21-20(16-9-7-6-8-10-16)15(3)35-23(21)27-19(30)13-34-24(31)17-11-18-14(2)28-29(4)22(18)26-12-17/h6-12H,5,13H2,1-4H3,(H,27,30). The van der Waals surface area contributed by atoms with Crippen LogP contribution in [0.3, 0.4) is 0 Å². The van der Waals surface area contributed by atoms with E-state index in [0.717, 1.165) is 21.5 Å². The van der Waals surface area contributed by atoms with Crippen molar-refractivity contribution in [3.8, 4) is 11.1 Å². The maximum Gasteiger partial charge on any atom is 0.341 e. The Morgan fingerprint density at radius 1 is 1.09 bits per heavy atom. The largest absolute Gasteiger partial charge is 0.462 e. The van der Waals surface area contributed by atoms with Crippen LogP contribution in [-0.2, 0) is 21.3 Å². The minimum absolute atomic E-state index is 0.196. The molecule has 180 valence electrons. The van der Waals surface area contributed by atoms with Gasteiger partial charge in [-0.3, -0.25) is 9.48 Å². The van der Waals surface area contributed by atoms with E-state index in [1.807, 2.05) is 44.2 Å². The molecule has 0 bridgehead atoms. The van der Waals surface area contributed by atoms with Crippen LogP contribution in [0.25, 0.3) is 22.2 Å². The quantitative estimate of drug-likeness (QED) is 0.383. The first kappa shape index (κ1) is 24.1. The molecule has 4 aromatic rings. The third kappa shape index (κ3) is 4.92. The number of carbonyl (C=O) groups is 3. The van der Waals surface area contributed by atoms with Crippen molar-refractivity contribution in [1.29, 1.82) is 0 Å². The van der Waals surface area contributed by atoms with E-state index in [1.54, 1.807) is 24.7 Å². The van der Waals surface area contributed by atoms with Crippen molar-refractivity contribution in [2.75, 3.05) is 18.5 Å². The molecule has 0 aliphatic rings. The Labute approximate surface area is 205 Å². The number of benzene rings is 1. The number of ether oxygens (including phenoxy) is 2. The Bertz CT molecular complexity index is 1420. The average Bonchev–Trinajstić information content (AvgIpc) is 3.32. The van der Waals surface area contributed by atoms with Crippen LogP contribution in [0.1, 0.15) is 38.2 Å². The van der Waals surface area contributed by atoms with Gasteiger partial charge in [-0.1, -0.05) is 30.3 Å². The van der Waals surface area contributed by atoms with Gasteiger partial charge in [0.05, 0.1) is 17.9 Å². The minimum Gasteiger partial charge on any atom is -0.462 e. The predicted octanol–water partition coefficient (Wildman–Crippen LogP) is 4.29. The first-order chi connectivity index (χ1) is 16.8. The maximum atomic E-state index is 12.8. The number of hydrogen-bond acceptors (Lipinski definition) is 8. The lowest BCUT2D eigenvalue weighted by Gasteiger charge is -2.09. The lowest BCUT2D eigenvalue weighted by Crippen LogP contribution is -2.21. The van der Waals surface area contributed by atoms with Crippen LogP contribution >= 0.6 is 11.3 Å². The molecule has 3 heterocycles. The molecule has 1 aromatic carbocycles. The van der Waals surface area contributed by atoms with Crippen LogP contribution in [0.5, 0.6) is 0 Å². The summed E-state index contributed by atoms with van der Waals surface area (Å²) in [6, 6.07) is 11.0. The summed E-state index contributed by atoms with van der Waals surface area (Å²) in [4.78, 5) is 43.0. The number of fused-ring (bicyclic) bond motifs is 1. The van der Waals surface area contributed by atoms with Gasteiger partial charge in [-0.2, -0.15) is 5.10 Å². The lowest BCUT2D eigenvalue weighted by molar-refractivity contribution is -0.119. The second kappa shape index (κ2) is 10.1. The predicted molar refractivity (Wildman–Crippen MR) is 133 cm³/mol. The molecular weight excluding hydrogens is 468 g/mol. The fraction of sp³-hybridized carbons (Fsp3) is 0.240. The second-order valence-corrected chi connectivity index (χ2v) is 8.98. The van der Waals surface area contributed by atoms with E-state index in [4.69, 9.17) is 9.47 Å². The van der Waals surface area contributed by atoms with Crippen molar-refractivity contribution in [2.45, 2.75) is 20.8 Å². The van der Waals surface area contributed by atoms with E-state index in [1.165, 1.54) is 17.5 Å². The van der Waals surface area contributed by atoms with Crippen molar-refractivity contribution in [3.63, 3.8) is 0 Å². The molecule has 0 aliphatic heterocycles. The van der Waals surface area contributed by atoms with Gasteiger partial charge >= 0.3 is 11.9 Å². The third-order valence-corrected chi connectivity index (χ3v) is 6.33. The molecule has 0 saturated carbocycles. The molecule has 0 unspecified atom stereocenters. The zero-order chi connectivity index (χ0) is 25.1. The van der Waals surface area contributed by atoms with Gasteiger partial charge in [-0.15, -0.1) is 11.3 Å². The van der Waals surface area contributed by atoms with Crippen molar-refractivity contribution >= 4 is 45.2 Å². The number of thiophene rings is 1. The molecule has 0 atom stereocenters. The van der Waals surface area contributed by atoms with Crippen LogP contribution in [0.2, 0.25) is 0 Å². The molecule has 0 spiro atoms. The number of nitrogens with one attached hydrogen (secondary N) is 1. The summed E-state index contributed by atoms with van der Waals surface area (Å²) in [6.07, 6.45) is 1.39. The van der Waals surface area contributed by atoms with Crippen molar-refractivity contribution in [3.05, 3.63) is 64.3 Å². The Kier molecular flexibility index (Phi) is 6.92. The molecule has 3 aromatic heterocycles. The van der Waals surface area contributed by atoms with Gasteiger partial charge in [-0.25, -0.2) is 14.6 Å². The highest BCUT2D eigenvalue weighted by Crippen LogP contribution is 2.40. The molecule has 0 fully saturated rings. The van der Waals surface area contributed by atoms with Gasteiger partial charge in [0.15, 0.2) is 12.3 Å². The first-order valence-electron chi connectivity index (χ1n) is 10.9. The number of pyridine rings is 1. The summed E-state index contributed by atoms with van der Waals surface area (Å²) in [5.74, 6) is -1.79. The molecule has 1 N–H and O–H groups in total. The highest BCUT2D eigenvalue weighted by molar-refractivity contribution is 7.17. The van der Waals surface area contributed by atoms with E-state index in [9.17, 15) is 14.4 Å². The molecule has 35 heavy (non-hydrogen) atoms. The maximum absolute atomic E-state index is 12.8. The van der Waals surface area contributed by atoms with Crippen LogP contribution in [0.4, 0.5) is 5.00 Å². The Morgan fingerprint density at radius 2 is 1.83 bits per heavy atom. The topological polar surface area (TPSA) is 112 Å². The van der Waals surface area contributed by atoms with E-state index in [0.29, 0.717) is 16.2 Å². The van der Waals surface area contributed by atoms with E-state index in [-0.39, 0.29) is 17.7 Å². The van der Waals surface area contributed by atoms with E-state index < -0.39 is 24.5 Å². The summed E-state index contributed by atoms with van der Waals surface area (Å²) in [5, 5.41) is 8.05. The smallest absolute Gasteiger partial charge is 0.341 e. The highest BCUT2D eigenvalue weighted by Gasteiger charge is 2.26. The minimum atomic E-state index is -0.684. The van der Waals surface area contributed by atoms with E-state index >= 15 is 0 Å². The van der Waals surface area contributed by atoms with Gasteiger partial charge in [0, 0.05) is 29.1 Å². The SMILES string of the molecule is CCOC(=O)c1c(NC(=O)COC(=O)c2cnc3c(c2)c(C)nn3C)sc(C)c1-c1ccccc1. The first-order valence-corrected chi connectivity index (χ1v) is 11.7. The van der Waals surface area contributed by atoms with E-state index in [2.05, 4.69) is 15.4 Å². The lowest BCUT2D eigenvalue weighted by atomic mass is 10.0. The van der Waals surface area contributed by atoms with Crippen molar-refractivity contribution in [2.24, 2.45) is 7.05 Å². The fourth-order valence-electron chi connectivity index (χ4n) is 3.78. The van der Waals surface area contributed by atoms with Crippen LogP contribution in [0.15, 0.2) is 42.6 Å². The molecule has 10 heteroatoms. The monoisotopic (exact) mass is 492 g/mol. The van der Waals surface area contributed by atoms with Crippen LogP contribution < -0.4 is 5.32 Å². The van der Waals surface area contributed by atoms with Crippen LogP contribution in [-0.4, -0.2) is 45.8 Å². The second-order valence-electron chi connectivity index (χ2n) is 7.75. The summed E-state index contributed by atoms with van der Waals surface area (Å²) < 4.78 is 12.1. The number of carbonyl (C=O) groups excluding carboxylic acids is 3. The summed E-state index contributed by atoms with van der Waals surface area (Å²) >= 11 is 1.26. The number of rotatable bonds is 7. The number of anilines is 1. The Hall–Kier alpha value is -4.05. The number of aryl methyl sites for hydroxylation is 3. The Morgan fingerprint density at radius 3 is 2.54 bits per heavy atom. The number of esters is 2. The fourth-order valence-corrected chi connectivity index (χ4v) is 4.86. The average molecular weight is 493 g/mol. The third-order valence-electron chi connectivity index (χ3n) is 5.31.